The van der Waals surface area contributed by atoms with E-state index in [1.165, 1.54) is 0 Å². The SMILES string of the molecule is CC(N)c1cc(-c2ccc(Br)cc2)n(C)n1. The summed E-state index contributed by atoms with van der Waals surface area (Å²) >= 11 is 3.42. The number of nitrogens with zero attached hydrogens (tertiary/aromatic N) is 2. The highest BCUT2D eigenvalue weighted by Gasteiger charge is 2.09. The lowest BCUT2D eigenvalue weighted by Crippen LogP contribution is -2.06. The minimum atomic E-state index is -0.0320. The lowest BCUT2D eigenvalue weighted by atomic mass is 10.1. The molecule has 1 unspecified atom stereocenters. The van der Waals surface area contributed by atoms with Crippen molar-refractivity contribution in [3.05, 3.63) is 40.5 Å². The van der Waals surface area contributed by atoms with Crippen LogP contribution in [0.1, 0.15) is 18.7 Å². The quantitative estimate of drug-likeness (QED) is 0.919. The molecule has 0 aliphatic rings. The molecule has 0 aliphatic carbocycles. The number of rotatable bonds is 2. The molecule has 1 aromatic carbocycles. The predicted octanol–water partition coefficient (Wildman–Crippen LogP) is 2.87. The second kappa shape index (κ2) is 4.39. The first kappa shape index (κ1) is 11.4. The van der Waals surface area contributed by atoms with E-state index < -0.39 is 0 Å². The number of halogens is 1. The van der Waals surface area contributed by atoms with Gasteiger partial charge in [0.25, 0.3) is 0 Å². The Balaban J connectivity index is 2.44. The first-order valence-corrected chi connectivity index (χ1v) is 5.92. The van der Waals surface area contributed by atoms with Gasteiger partial charge in [0.1, 0.15) is 0 Å². The number of benzene rings is 1. The van der Waals surface area contributed by atoms with Crippen LogP contribution in [0.15, 0.2) is 34.8 Å². The second-order valence-corrected chi connectivity index (χ2v) is 4.79. The average molecular weight is 280 g/mol. The van der Waals surface area contributed by atoms with E-state index in [0.29, 0.717) is 0 Å². The minimum Gasteiger partial charge on any atom is -0.323 e. The summed E-state index contributed by atoms with van der Waals surface area (Å²) in [6.07, 6.45) is 0. The van der Waals surface area contributed by atoms with Crippen molar-refractivity contribution in [1.29, 1.82) is 0 Å². The van der Waals surface area contributed by atoms with Crippen molar-refractivity contribution in [1.82, 2.24) is 9.78 Å². The Labute approximate surface area is 103 Å². The highest BCUT2D eigenvalue weighted by molar-refractivity contribution is 9.10. The van der Waals surface area contributed by atoms with Gasteiger partial charge >= 0.3 is 0 Å². The molecule has 0 aliphatic heterocycles. The van der Waals surface area contributed by atoms with Crippen LogP contribution in [0.3, 0.4) is 0 Å². The van der Waals surface area contributed by atoms with E-state index in [-0.39, 0.29) is 6.04 Å². The van der Waals surface area contributed by atoms with Crippen LogP contribution in [0.25, 0.3) is 11.3 Å². The number of aromatic nitrogens is 2. The molecule has 1 atom stereocenters. The van der Waals surface area contributed by atoms with Crippen molar-refractivity contribution in [3.63, 3.8) is 0 Å². The highest BCUT2D eigenvalue weighted by atomic mass is 79.9. The van der Waals surface area contributed by atoms with Crippen LogP contribution in [0.2, 0.25) is 0 Å². The molecule has 0 fully saturated rings. The van der Waals surface area contributed by atoms with Crippen molar-refractivity contribution < 1.29 is 0 Å². The Morgan fingerprint density at radius 2 is 1.94 bits per heavy atom. The average Bonchev–Trinajstić information content (AvgIpc) is 2.62. The zero-order valence-electron chi connectivity index (χ0n) is 9.31. The van der Waals surface area contributed by atoms with Gasteiger partial charge in [0.15, 0.2) is 0 Å². The maximum Gasteiger partial charge on any atom is 0.0795 e. The Bertz CT molecular complexity index is 485. The van der Waals surface area contributed by atoms with Crippen LogP contribution in [0, 0.1) is 0 Å². The molecule has 2 N–H and O–H groups in total. The summed E-state index contributed by atoms with van der Waals surface area (Å²) in [4.78, 5) is 0. The van der Waals surface area contributed by atoms with Crippen LogP contribution in [-0.4, -0.2) is 9.78 Å². The van der Waals surface area contributed by atoms with Crippen molar-refractivity contribution in [2.75, 3.05) is 0 Å². The number of nitrogens with two attached hydrogens (primary N) is 1. The standard InChI is InChI=1S/C12H14BrN3/c1-8(14)11-7-12(16(2)15-11)9-3-5-10(13)6-4-9/h3-8H,14H2,1-2H3. The van der Waals surface area contributed by atoms with Crippen LogP contribution in [0.5, 0.6) is 0 Å². The molecule has 0 bridgehead atoms. The molecule has 3 nitrogen and oxygen atoms in total. The molecule has 16 heavy (non-hydrogen) atoms. The molecule has 84 valence electrons. The highest BCUT2D eigenvalue weighted by Crippen LogP contribution is 2.23. The first-order valence-electron chi connectivity index (χ1n) is 5.13. The molecule has 2 aromatic rings. The van der Waals surface area contributed by atoms with Gasteiger partial charge in [-0.25, -0.2) is 0 Å². The molecule has 0 saturated heterocycles. The molecule has 0 amide bonds. The fourth-order valence-electron chi connectivity index (χ4n) is 1.60. The molecule has 0 saturated carbocycles. The third kappa shape index (κ3) is 2.18. The molecule has 0 spiro atoms. The molecule has 1 heterocycles. The monoisotopic (exact) mass is 279 g/mol. The zero-order valence-corrected chi connectivity index (χ0v) is 10.9. The fourth-order valence-corrected chi connectivity index (χ4v) is 1.87. The third-order valence-corrected chi connectivity index (χ3v) is 3.03. The lowest BCUT2D eigenvalue weighted by molar-refractivity contribution is 0.702. The molecule has 2 rings (SSSR count). The maximum absolute atomic E-state index is 5.81. The second-order valence-electron chi connectivity index (χ2n) is 3.87. The van der Waals surface area contributed by atoms with Crippen molar-refractivity contribution in [2.24, 2.45) is 12.8 Å². The summed E-state index contributed by atoms with van der Waals surface area (Å²) in [5, 5.41) is 4.39. The number of hydrogen-bond acceptors (Lipinski definition) is 2. The van der Waals surface area contributed by atoms with Crippen LogP contribution >= 0.6 is 15.9 Å². The summed E-state index contributed by atoms with van der Waals surface area (Å²) in [6.45, 7) is 1.94. The predicted molar refractivity (Wildman–Crippen MR) is 68.9 cm³/mol. The van der Waals surface area contributed by atoms with Gasteiger partial charge < -0.3 is 5.73 Å². The van der Waals surface area contributed by atoms with Gasteiger partial charge in [-0.15, -0.1) is 0 Å². The normalized spacial score (nSPS) is 12.8. The van der Waals surface area contributed by atoms with E-state index in [2.05, 4.69) is 33.2 Å². The van der Waals surface area contributed by atoms with Gasteiger partial charge in [-0.3, -0.25) is 4.68 Å². The Hall–Kier alpha value is -1.13. The molecule has 0 radical (unpaired) electrons. The summed E-state index contributed by atoms with van der Waals surface area (Å²) < 4.78 is 2.94. The van der Waals surface area contributed by atoms with Gasteiger partial charge in [-0.1, -0.05) is 28.1 Å². The minimum absolute atomic E-state index is 0.0320. The van der Waals surface area contributed by atoms with E-state index in [0.717, 1.165) is 21.4 Å². The molecular weight excluding hydrogens is 266 g/mol. The van der Waals surface area contributed by atoms with Gasteiger partial charge in [0.05, 0.1) is 11.4 Å². The largest absolute Gasteiger partial charge is 0.323 e. The van der Waals surface area contributed by atoms with Crippen LogP contribution in [-0.2, 0) is 7.05 Å². The number of aryl methyl sites for hydroxylation is 1. The summed E-state index contributed by atoms with van der Waals surface area (Å²) in [6, 6.07) is 10.2. The van der Waals surface area contributed by atoms with E-state index in [9.17, 15) is 0 Å². The Kier molecular flexibility index (Phi) is 3.12. The molecular formula is C12H14BrN3. The van der Waals surface area contributed by atoms with Gasteiger partial charge in [-0.05, 0) is 30.7 Å². The van der Waals surface area contributed by atoms with E-state index >= 15 is 0 Å². The van der Waals surface area contributed by atoms with E-state index in [4.69, 9.17) is 5.73 Å². The van der Waals surface area contributed by atoms with Crippen molar-refractivity contribution >= 4 is 15.9 Å². The van der Waals surface area contributed by atoms with Crippen LogP contribution in [0.4, 0.5) is 0 Å². The van der Waals surface area contributed by atoms with Crippen molar-refractivity contribution in [3.8, 4) is 11.3 Å². The van der Waals surface area contributed by atoms with Gasteiger partial charge in [0, 0.05) is 17.6 Å². The van der Waals surface area contributed by atoms with E-state index in [1.807, 2.05) is 36.9 Å². The smallest absolute Gasteiger partial charge is 0.0795 e. The summed E-state index contributed by atoms with van der Waals surface area (Å²) in [7, 11) is 1.93. The van der Waals surface area contributed by atoms with Gasteiger partial charge in [-0.2, -0.15) is 5.10 Å². The van der Waals surface area contributed by atoms with Crippen molar-refractivity contribution in [2.45, 2.75) is 13.0 Å². The zero-order chi connectivity index (χ0) is 11.7. The maximum atomic E-state index is 5.81. The first-order chi connectivity index (χ1) is 7.58. The third-order valence-electron chi connectivity index (χ3n) is 2.51. The molecule has 1 aromatic heterocycles. The fraction of sp³-hybridized carbons (Fsp3) is 0.250. The summed E-state index contributed by atoms with van der Waals surface area (Å²) in [5.74, 6) is 0. The molecule has 4 heteroatoms. The number of hydrogen-bond donors (Lipinski definition) is 1. The van der Waals surface area contributed by atoms with Crippen LogP contribution < -0.4 is 5.73 Å². The van der Waals surface area contributed by atoms with E-state index in [1.54, 1.807) is 0 Å². The Morgan fingerprint density at radius 3 is 2.44 bits per heavy atom. The lowest BCUT2D eigenvalue weighted by Gasteiger charge is -2.01. The topological polar surface area (TPSA) is 43.8 Å². The summed E-state index contributed by atoms with van der Waals surface area (Å²) in [5.41, 5.74) is 8.96. The Morgan fingerprint density at radius 1 is 1.31 bits per heavy atom. The van der Waals surface area contributed by atoms with Gasteiger partial charge in [0.2, 0.25) is 0 Å².